The summed E-state index contributed by atoms with van der Waals surface area (Å²) in [5, 5.41) is 0. The zero-order valence-corrected chi connectivity index (χ0v) is 11.3. The van der Waals surface area contributed by atoms with Crippen LogP contribution in [-0.4, -0.2) is 22.9 Å². The monoisotopic (exact) mass is 272 g/mol. The van der Waals surface area contributed by atoms with E-state index < -0.39 is 0 Å². The maximum absolute atomic E-state index is 11.0. The van der Waals surface area contributed by atoms with Gasteiger partial charge in [0.25, 0.3) is 0 Å². The molecule has 1 aromatic heterocycles. The van der Waals surface area contributed by atoms with Gasteiger partial charge in [-0.2, -0.15) is 0 Å². The zero-order valence-electron chi connectivity index (χ0n) is 11.3. The molecule has 0 atom stereocenters. The Labute approximate surface area is 117 Å². The minimum absolute atomic E-state index is 0.207. The summed E-state index contributed by atoms with van der Waals surface area (Å²) in [6.07, 6.45) is 4.97. The number of aldehydes is 1. The molecule has 0 aliphatic carbocycles. The average molecular weight is 272 g/mol. The van der Waals surface area contributed by atoms with Gasteiger partial charge in [0, 0.05) is 18.5 Å². The lowest BCUT2D eigenvalue weighted by Crippen LogP contribution is -2.03. The summed E-state index contributed by atoms with van der Waals surface area (Å²) in [6.45, 7) is 2.87. The van der Waals surface area contributed by atoms with Crippen LogP contribution in [0.5, 0.6) is 11.5 Å². The quantitative estimate of drug-likeness (QED) is 0.725. The van der Waals surface area contributed by atoms with Crippen molar-refractivity contribution in [3.05, 3.63) is 48.0 Å². The minimum atomic E-state index is 0.207. The van der Waals surface area contributed by atoms with Crippen molar-refractivity contribution in [2.45, 2.75) is 20.0 Å². The second kappa shape index (κ2) is 7.23. The van der Waals surface area contributed by atoms with Gasteiger partial charge in [0.15, 0.2) is 12.1 Å². The van der Waals surface area contributed by atoms with Gasteiger partial charge in [-0.15, -0.1) is 0 Å². The fourth-order valence-corrected chi connectivity index (χ4v) is 1.59. The van der Waals surface area contributed by atoms with Crippen molar-refractivity contribution < 1.29 is 14.3 Å². The second-order valence-corrected chi connectivity index (χ2v) is 4.12. The van der Waals surface area contributed by atoms with Crippen LogP contribution in [0, 0.1) is 0 Å². The number of hydrogen-bond donors (Lipinski definition) is 0. The van der Waals surface area contributed by atoms with E-state index in [4.69, 9.17) is 9.47 Å². The lowest BCUT2D eigenvalue weighted by Gasteiger charge is -2.10. The standard InChI is InChI=1S/C15H16N2O3/c1-2-8-19-13-5-4-12(10-18)14(9-13)20-11-15-16-6-3-7-17-15/h3-7,9-10H,2,8,11H2,1H3. The molecule has 5 heteroatoms. The number of rotatable bonds is 7. The molecule has 2 aromatic rings. The molecule has 2 rings (SSSR count). The van der Waals surface area contributed by atoms with E-state index in [1.165, 1.54) is 0 Å². The lowest BCUT2D eigenvalue weighted by molar-refractivity contribution is 0.111. The van der Waals surface area contributed by atoms with Gasteiger partial charge >= 0.3 is 0 Å². The van der Waals surface area contributed by atoms with E-state index in [0.29, 0.717) is 29.5 Å². The van der Waals surface area contributed by atoms with E-state index in [9.17, 15) is 4.79 Å². The van der Waals surface area contributed by atoms with Crippen molar-refractivity contribution in [1.82, 2.24) is 9.97 Å². The van der Waals surface area contributed by atoms with Gasteiger partial charge in [-0.1, -0.05) is 6.92 Å². The van der Waals surface area contributed by atoms with E-state index in [0.717, 1.165) is 12.7 Å². The normalized spacial score (nSPS) is 10.1. The maximum atomic E-state index is 11.0. The molecule has 0 saturated heterocycles. The van der Waals surface area contributed by atoms with E-state index in [1.807, 2.05) is 6.92 Å². The SMILES string of the molecule is CCCOc1ccc(C=O)c(OCc2ncccn2)c1. The van der Waals surface area contributed by atoms with Gasteiger partial charge in [0.2, 0.25) is 0 Å². The van der Waals surface area contributed by atoms with Crippen molar-refractivity contribution in [3.8, 4) is 11.5 Å². The van der Waals surface area contributed by atoms with Crippen LogP contribution in [0.15, 0.2) is 36.7 Å². The smallest absolute Gasteiger partial charge is 0.166 e. The summed E-state index contributed by atoms with van der Waals surface area (Å²) in [6, 6.07) is 6.88. The number of carbonyl (C=O) groups is 1. The second-order valence-electron chi connectivity index (χ2n) is 4.12. The highest BCUT2D eigenvalue weighted by molar-refractivity contribution is 5.79. The predicted octanol–water partition coefficient (Wildman–Crippen LogP) is 2.66. The number of ether oxygens (including phenoxy) is 2. The van der Waals surface area contributed by atoms with Crippen LogP contribution < -0.4 is 9.47 Å². The molecule has 0 bridgehead atoms. The Morgan fingerprint density at radius 1 is 1.20 bits per heavy atom. The summed E-state index contributed by atoms with van der Waals surface area (Å²) in [4.78, 5) is 19.1. The predicted molar refractivity (Wildman–Crippen MR) is 74.0 cm³/mol. The number of hydrogen-bond acceptors (Lipinski definition) is 5. The lowest BCUT2D eigenvalue weighted by atomic mass is 10.2. The fourth-order valence-electron chi connectivity index (χ4n) is 1.59. The summed E-state index contributed by atoms with van der Waals surface area (Å²) >= 11 is 0. The Morgan fingerprint density at radius 3 is 2.70 bits per heavy atom. The topological polar surface area (TPSA) is 61.3 Å². The van der Waals surface area contributed by atoms with E-state index in [1.54, 1.807) is 36.7 Å². The first kappa shape index (κ1) is 14.0. The molecule has 0 aliphatic heterocycles. The van der Waals surface area contributed by atoms with E-state index in [2.05, 4.69) is 9.97 Å². The molecule has 0 saturated carbocycles. The Morgan fingerprint density at radius 2 is 2.00 bits per heavy atom. The van der Waals surface area contributed by atoms with Gasteiger partial charge in [0.05, 0.1) is 12.2 Å². The Bertz CT molecular complexity index is 558. The van der Waals surface area contributed by atoms with Crippen molar-refractivity contribution in [3.63, 3.8) is 0 Å². The molecule has 104 valence electrons. The summed E-state index contributed by atoms with van der Waals surface area (Å²) in [5.41, 5.74) is 0.477. The Kier molecular flexibility index (Phi) is 5.06. The van der Waals surface area contributed by atoms with Crippen LogP contribution in [0.25, 0.3) is 0 Å². The maximum Gasteiger partial charge on any atom is 0.166 e. The van der Waals surface area contributed by atoms with Crippen molar-refractivity contribution in [1.29, 1.82) is 0 Å². The van der Waals surface area contributed by atoms with E-state index in [-0.39, 0.29) is 6.61 Å². The number of carbonyl (C=O) groups excluding carboxylic acids is 1. The molecule has 0 radical (unpaired) electrons. The molecule has 0 amide bonds. The first-order chi connectivity index (χ1) is 9.83. The third-order valence-corrected chi connectivity index (χ3v) is 2.56. The third kappa shape index (κ3) is 3.78. The Balaban J connectivity index is 2.09. The highest BCUT2D eigenvalue weighted by Crippen LogP contribution is 2.24. The van der Waals surface area contributed by atoms with Gasteiger partial charge in [0.1, 0.15) is 18.1 Å². The van der Waals surface area contributed by atoms with Gasteiger partial charge in [-0.05, 0) is 24.6 Å². The molecule has 0 fully saturated rings. The first-order valence-corrected chi connectivity index (χ1v) is 6.44. The molecular formula is C15H16N2O3. The summed E-state index contributed by atoms with van der Waals surface area (Å²) in [5.74, 6) is 1.71. The molecule has 0 spiro atoms. The number of benzene rings is 1. The van der Waals surface area contributed by atoms with Gasteiger partial charge in [-0.3, -0.25) is 4.79 Å². The molecule has 0 unspecified atom stereocenters. The van der Waals surface area contributed by atoms with Crippen molar-refractivity contribution in [2.24, 2.45) is 0 Å². The van der Waals surface area contributed by atoms with Gasteiger partial charge < -0.3 is 9.47 Å². The fraction of sp³-hybridized carbons (Fsp3) is 0.267. The van der Waals surface area contributed by atoms with Crippen LogP contribution in [-0.2, 0) is 6.61 Å². The average Bonchev–Trinajstić information content (AvgIpc) is 2.52. The molecule has 0 N–H and O–H groups in total. The van der Waals surface area contributed by atoms with Crippen LogP contribution in [0.3, 0.4) is 0 Å². The van der Waals surface area contributed by atoms with Crippen LogP contribution in [0.2, 0.25) is 0 Å². The molecule has 0 aliphatic rings. The molecular weight excluding hydrogens is 256 g/mol. The van der Waals surface area contributed by atoms with Crippen molar-refractivity contribution >= 4 is 6.29 Å². The van der Waals surface area contributed by atoms with Crippen LogP contribution in [0.1, 0.15) is 29.5 Å². The Hall–Kier alpha value is -2.43. The summed E-state index contributed by atoms with van der Waals surface area (Å²) < 4.78 is 11.1. The van der Waals surface area contributed by atoms with Gasteiger partial charge in [-0.25, -0.2) is 9.97 Å². The molecule has 20 heavy (non-hydrogen) atoms. The van der Waals surface area contributed by atoms with E-state index >= 15 is 0 Å². The first-order valence-electron chi connectivity index (χ1n) is 6.44. The zero-order chi connectivity index (χ0) is 14.2. The largest absolute Gasteiger partial charge is 0.493 e. The molecule has 1 aromatic carbocycles. The number of aromatic nitrogens is 2. The third-order valence-electron chi connectivity index (χ3n) is 2.56. The number of nitrogens with zero attached hydrogens (tertiary/aromatic N) is 2. The minimum Gasteiger partial charge on any atom is -0.493 e. The van der Waals surface area contributed by atoms with Crippen LogP contribution >= 0.6 is 0 Å². The van der Waals surface area contributed by atoms with Crippen LogP contribution in [0.4, 0.5) is 0 Å². The highest BCUT2D eigenvalue weighted by atomic mass is 16.5. The summed E-state index contributed by atoms with van der Waals surface area (Å²) in [7, 11) is 0. The highest BCUT2D eigenvalue weighted by Gasteiger charge is 2.06. The molecule has 1 heterocycles. The van der Waals surface area contributed by atoms with Crippen molar-refractivity contribution in [2.75, 3.05) is 6.61 Å². The molecule has 5 nitrogen and oxygen atoms in total.